The first-order valence-electron chi connectivity index (χ1n) is 6.72. The fourth-order valence-corrected chi connectivity index (χ4v) is 2.34. The Morgan fingerprint density at radius 3 is 3.06 bits per heavy atom. The second-order valence-electron chi connectivity index (χ2n) is 4.61. The average Bonchev–Trinajstić information content (AvgIpc) is 3.00. The summed E-state index contributed by atoms with van der Waals surface area (Å²) in [7, 11) is 0. The molecule has 0 aliphatic carbocycles. The van der Waals surface area contributed by atoms with Crippen molar-refractivity contribution >= 4 is 0 Å². The topological polar surface area (TPSA) is 39.1 Å². The Balaban J connectivity index is 2.07. The van der Waals surface area contributed by atoms with Crippen LogP contribution in [0.3, 0.4) is 0 Å². The summed E-state index contributed by atoms with van der Waals surface area (Å²) in [6, 6.07) is 0.303. The van der Waals surface area contributed by atoms with Gasteiger partial charge in [0.15, 0.2) is 0 Å². The predicted molar refractivity (Wildman–Crippen MR) is 67.9 cm³/mol. The van der Waals surface area contributed by atoms with Gasteiger partial charge in [-0.25, -0.2) is 0 Å². The maximum atomic E-state index is 5.81. The van der Waals surface area contributed by atoms with Gasteiger partial charge in [-0.15, -0.1) is 0 Å². The van der Waals surface area contributed by atoms with E-state index in [1.54, 1.807) is 0 Å². The van der Waals surface area contributed by atoms with E-state index < -0.39 is 0 Å². The highest BCUT2D eigenvalue weighted by Gasteiger charge is 2.27. The van der Waals surface area contributed by atoms with E-state index in [0.29, 0.717) is 12.1 Å². The van der Waals surface area contributed by atoms with Gasteiger partial charge in [0, 0.05) is 24.9 Å². The minimum Gasteiger partial charge on any atom is -0.376 e. The lowest BCUT2D eigenvalue weighted by atomic mass is 10.0. The molecule has 1 aliphatic heterocycles. The summed E-state index contributed by atoms with van der Waals surface area (Å²) in [5.74, 6) is 0. The minimum atomic E-state index is 0.303. The van der Waals surface area contributed by atoms with E-state index in [1.165, 1.54) is 12.0 Å². The van der Waals surface area contributed by atoms with E-state index in [-0.39, 0.29) is 0 Å². The van der Waals surface area contributed by atoms with Gasteiger partial charge in [0.2, 0.25) is 0 Å². The lowest BCUT2D eigenvalue weighted by molar-refractivity contribution is 0.0783. The van der Waals surface area contributed by atoms with Crippen molar-refractivity contribution in [2.45, 2.75) is 51.8 Å². The monoisotopic (exact) mass is 237 g/mol. The Hall–Kier alpha value is -0.870. The number of ether oxygens (including phenoxy) is 1. The molecule has 2 heterocycles. The third-order valence-corrected chi connectivity index (χ3v) is 3.29. The number of nitrogens with one attached hydrogen (secondary N) is 1. The van der Waals surface area contributed by atoms with Crippen LogP contribution in [0, 0.1) is 0 Å². The van der Waals surface area contributed by atoms with Crippen LogP contribution in [0.5, 0.6) is 0 Å². The summed E-state index contributed by atoms with van der Waals surface area (Å²) in [6.45, 7) is 7.15. The normalized spacial score (nSPS) is 21.9. The Morgan fingerprint density at radius 2 is 2.47 bits per heavy atom. The maximum absolute atomic E-state index is 5.81. The molecular formula is C13H23N3O. The largest absolute Gasteiger partial charge is 0.376 e. The van der Waals surface area contributed by atoms with E-state index >= 15 is 0 Å². The van der Waals surface area contributed by atoms with Crippen molar-refractivity contribution in [1.29, 1.82) is 0 Å². The lowest BCUT2D eigenvalue weighted by Gasteiger charge is -2.23. The summed E-state index contributed by atoms with van der Waals surface area (Å²) in [5, 5.41) is 7.94. The standard InChI is InChI=1S/C13H23N3O/c1-3-7-14-13(12-6-5-8-17-12)11-9-15-16(4-2)10-11/h9-10,12-14H,3-8H2,1-2H3. The first kappa shape index (κ1) is 12.6. The van der Waals surface area contributed by atoms with Crippen LogP contribution in [0.15, 0.2) is 12.4 Å². The van der Waals surface area contributed by atoms with Gasteiger partial charge < -0.3 is 10.1 Å². The molecule has 0 saturated carbocycles. The van der Waals surface area contributed by atoms with Crippen LogP contribution >= 0.6 is 0 Å². The van der Waals surface area contributed by atoms with Gasteiger partial charge in [-0.3, -0.25) is 4.68 Å². The van der Waals surface area contributed by atoms with Crippen molar-refractivity contribution < 1.29 is 4.74 Å². The summed E-state index contributed by atoms with van der Waals surface area (Å²) < 4.78 is 7.79. The number of nitrogens with zero attached hydrogens (tertiary/aromatic N) is 2. The molecule has 0 bridgehead atoms. The SMILES string of the molecule is CCCNC(c1cnn(CC)c1)C1CCCO1. The van der Waals surface area contributed by atoms with E-state index in [9.17, 15) is 0 Å². The molecule has 17 heavy (non-hydrogen) atoms. The molecule has 1 saturated heterocycles. The molecule has 1 aromatic rings. The van der Waals surface area contributed by atoms with Crippen LogP contribution in [-0.2, 0) is 11.3 Å². The summed E-state index contributed by atoms with van der Waals surface area (Å²) in [4.78, 5) is 0. The van der Waals surface area contributed by atoms with Gasteiger partial charge in [0.1, 0.15) is 0 Å². The molecule has 0 amide bonds. The van der Waals surface area contributed by atoms with Crippen LogP contribution in [0.2, 0.25) is 0 Å². The first-order valence-corrected chi connectivity index (χ1v) is 6.72. The van der Waals surface area contributed by atoms with Crippen molar-refractivity contribution in [2.24, 2.45) is 0 Å². The Labute approximate surface area is 103 Å². The fourth-order valence-electron chi connectivity index (χ4n) is 2.34. The molecular weight excluding hydrogens is 214 g/mol. The van der Waals surface area contributed by atoms with Gasteiger partial charge in [0.25, 0.3) is 0 Å². The number of hydrogen-bond donors (Lipinski definition) is 1. The van der Waals surface area contributed by atoms with Gasteiger partial charge in [-0.1, -0.05) is 6.92 Å². The Morgan fingerprint density at radius 1 is 1.59 bits per heavy atom. The van der Waals surface area contributed by atoms with E-state index in [4.69, 9.17) is 4.74 Å². The van der Waals surface area contributed by atoms with Crippen LogP contribution in [-0.4, -0.2) is 29.0 Å². The van der Waals surface area contributed by atoms with Crippen molar-refractivity contribution in [1.82, 2.24) is 15.1 Å². The van der Waals surface area contributed by atoms with Crippen molar-refractivity contribution in [2.75, 3.05) is 13.2 Å². The van der Waals surface area contributed by atoms with Crippen LogP contribution in [0.1, 0.15) is 44.7 Å². The molecule has 0 spiro atoms. The van der Waals surface area contributed by atoms with Gasteiger partial charge >= 0.3 is 0 Å². The molecule has 1 aromatic heterocycles. The molecule has 0 aromatic carbocycles. The highest BCUT2D eigenvalue weighted by atomic mass is 16.5. The molecule has 2 unspecified atom stereocenters. The van der Waals surface area contributed by atoms with Gasteiger partial charge in [-0.2, -0.15) is 5.10 Å². The second kappa shape index (κ2) is 6.17. The number of rotatable bonds is 6. The zero-order valence-electron chi connectivity index (χ0n) is 10.9. The first-order chi connectivity index (χ1) is 8.35. The van der Waals surface area contributed by atoms with Crippen LogP contribution in [0.25, 0.3) is 0 Å². The minimum absolute atomic E-state index is 0.303. The maximum Gasteiger partial charge on any atom is 0.0771 e. The fraction of sp³-hybridized carbons (Fsp3) is 0.769. The Bertz CT molecular complexity index is 331. The zero-order chi connectivity index (χ0) is 12.1. The molecule has 2 rings (SSSR count). The molecule has 1 fully saturated rings. The number of hydrogen-bond acceptors (Lipinski definition) is 3. The smallest absolute Gasteiger partial charge is 0.0771 e. The molecule has 4 heteroatoms. The predicted octanol–water partition coefficient (Wildman–Crippen LogP) is 2.12. The van der Waals surface area contributed by atoms with Crippen molar-refractivity contribution in [3.8, 4) is 0 Å². The third-order valence-electron chi connectivity index (χ3n) is 3.29. The summed E-state index contributed by atoms with van der Waals surface area (Å²) in [6.07, 6.45) is 7.89. The number of aryl methyl sites for hydroxylation is 1. The molecule has 0 radical (unpaired) electrons. The Kier molecular flexibility index (Phi) is 4.57. The highest BCUT2D eigenvalue weighted by molar-refractivity contribution is 5.13. The second-order valence-corrected chi connectivity index (χ2v) is 4.61. The van der Waals surface area contributed by atoms with E-state index in [2.05, 4.69) is 30.5 Å². The quantitative estimate of drug-likeness (QED) is 0.823. The number of aromatic nitrogens is 2. The summed E-state index contributed by atoms with van der Waals surface area (Å²) in [5.41, 5.74) is 1.26. The van der Waals surface area contributed by atoms with E-state index in [1.807, 2.05) is 10.9 Å². The third kappa shape index (κ3) is 3.07. The van der Waals surface area contributed by atoms with Crippen molar-refractivity contribution in [3.63, 3.8) is 0 Å². The lowest BCUT2D eigenvalue weighted by Crippen LogP contribution is -2.32. The highest BCUT2D eigenvalue weighted by Crippen LogP contribution is 2.26. The van der Waals surface area contributed by atoms with Crippen molar-refractivity contribution in [3.05, 3.63) is 18.0 Å². The summed E-state index contributed by atoms with van der Waals surface area (Å²) >= 11 is 0. The molecule has 1 aliphatic rings. The van der Waals surface area contributed by atoms with Gasteiger partial charge in [0.05, 0.1) is 18.3 Å². The molecule has 96 valence electrons. The van der Waals surface area contributed by atoms with Crippen LogP contribution in [0.4, 0.5) is 0 Å². The molecule has 4 nitrogen and oxygen atoms in total. The van der Waals surface area contributed by atoms with E-state index in [0.717, 1.165) is 32.5 Å². The zero-order valence-corrected chi connectivity index (χ0v) is 10.9. The average molecular weight is 237 g/mol. The molecule has 2 atom stereocenters. The van der Waals surface area contributed by atoms with Crippen LogP contribution < -0.4 is 5.32 Å². The molecule has 1 N–H and O–H groups in total. The van der Waals surface area contributed by atoms with Gasteiger partial charge in [-0.05, 0) is 32.7 Å².